The van der Waals surface area contributed by atoms with Crippen molar-refractivity contribution in [1.82, 2.24) is 4.98 Å². The maximum atomic E-state index is 6.12. The summed E-state index contributed by atoms with van der Waals surface area (Å²) in [4.78, 5) is 4.68. The number of thiazole rings is 1. The fraction of sp³-hybridized carbons (Fsp3) is 0.471. The molecule has 2 rings (SSSR count). The van der Waals surface area contributed by atoms with Gasteiger partial charge >= 0.3 is 0 Å². The van der Waals surface area contributed by atoms with Crippen LogP contribution in [0.2, 0.25) is 0 Å². The van der Waals surface area contributed by atoms with Gasteiger partial charge in [-0.1, -0.05) is 51.5 Å². The van der Waals surface area contributed by atoms with Crippen molar-refractivity contribution in [1.29, 1.82) is 0 Å². The lowest BCUT2D eigenvalue weighted by Crippen LogP contribution is -2.09. The molecule has 1 aromatic heterocycles. The predicted molar refractivity (Wildman–Crippen MR) is 87.9 cm³/mol. The van der Waals surface area contributed by atoms with Gasteiger partial charge in [-0.2, -0.15) is 0 Å². The Balaban J connectivity index is 2.11. The molecule has 3 heteroatoms. The first-order valence-corrected chi connectivity index (χ1v) is 8.28. The third kappa shape index (κ3) is 3.90. The summed E-state index contributed by atoms with van der Waals surface area (Å²) >= 11 is 1.67. The topological polar surface area (TPSA) is 38.9 Å². The molecular formula is C17H24N2S. The van der Waals surface area contributed by atoms with Crippen molar-refractivity contribution in [2.45, 2.75) is 46.1 Å². The highest BCUT2D eigenvalue weighted by Gasteiger charge is 2.11. The molecule has 1 unspecified atom stereocenters. The van der Waals surface area contributed by atoms with Crippen molar-refractivity contribution in [3.05, 3.63) is 40.2 Å². The van der Waals surface area contributed by atoms with Crippen LogP contribution in [0, 0.1) is 5.92 Å². The summed E-state index contributed by atoms with van der Waals surface area (Å²) in [6.07, 6.45) is 3.23. The average Bonchev–Trinajstić information content (AvgIpc) is 2.89. The number of rotatable bonds is 6. The minimum Gasteiger partial charge on any atom is -0.322 e. The Hall–Kier alpha value is -1.19. The summed E-state index contributed by atoms with van der Waals surface area (Å²) in [5.74, 6) is 0.693. The maximum absolute atomic E-state index is 6.12. The van der Waals surface area contributed by atoms with E-state index in [0.29, 0.717) is 5.92 Å². The SMILES string of the molecule is CCCC(N)c1nc(-c2ccc(CC(C)C)cc2)cs1. The van der Waals surface area contributed by atoms with Crippen LogP contribution < -0.4 is 5.73 Å². The Morgan fingerprint density at radius 3 is 2.50 bits per heavy atom. The number of hydrogen-bond donors (Lipinski definition) is 1. The monoisotopic (exact) mass is 288 g/mol. The highest BCUT2D eigenvalue weighted by atomic mass is 32.1. The molecule has 0 bridgehead atoms. The van der Waals surface area contributed by atoms with E-state index >= 15 is 0 Å². The number of nitrogens with two attached hydrogens (primary N) is 1. The zero-order chi connectivity index (χ0) is 14.5. The molecule has 2 N–H and O–H groups in total. The zero-order valence-corrected chi connectivity index (χ0v) is 13.4. The van der Waals surface area contributed by atoms with Crippen molar-refractivity contribution < 1.29 is 0 Å². The smallest absolute Gasteiger partial charge is 0.110 e. The number of nitrogens with zero attached hydrogens (tertiary/aromatic N) is 1. The van der Waals surface area contributed by atoms with Crippen molar-refractivity contribution in [3.8, 4) is 11.3 Å². The minimum atomic E-state index is 0.0824. The van der Waals surface area contributed by atoms with Gasteiger partial charge in [-0.05, 0) is 24.3 Å². The molecule has 0 aliphatic carbocycles. The summed E-state index contributed by atoms with van der Waals surface area (Å²) in [5, 5.41) is 3.16. The van der Waals surface area contributed by atoms with Crippen LogP contribution in [-0.2, 0) is 6.42 Å². The fourth-order valence-corrected chi connectivity index (χ4v) is 3.17. The lowest BCUT2D eigenvalue weighted by molar-refractivity contribution is 0.635. The number of aromatic nitrogens is 1. The minimum absolute atomic E-state index is 0.0824. The molecule has 0 aliphatic rings. The van der Waals surface area contributed by atoms with Crippen LogP contribution >= 0.6 is 11.3 Å². The molecule has 0 saturated carbocycles. The van der Waals surface area contributed by atoms with Gasteiger partial charge in [0.05, 0.1) is 11.7 Å². The molecule has 0 spiro atoms. The summed E-state index contributed by atoms with van der Waals surface area (Å²) in [6, 6.07) is 8.84. The highest BCUT2D eigenvalue weighted by molar-refractivity contribution is 7.10. The largest absolute Gasteiger partial charge is 0.322 e. The Morgan fingerprint density at radius 2 is 1.90 bits per heavy atom. The third-order valence-corrected chi connectivity index (χ3v) is 4.31. The van der Waals surface area contributed by atoms with E-state index in [-0.39, 0.29) is 6.04 Å². The van der Waals surface area contributed by atoms with Crippen LogP contribution in [0.25, 0.3) is 11.3 Å². The van der Waals surface area contributed by atoms with Crippen LogP contribution in [0.4, 0.5) is 0 Å². The van der Waals surface area contributed by atoms with E-state index in [1.807, 2.05) is 0 Å². The first kappa shape index (κ1) is 15.2. The van der Waals surface area contributed by atoms with Gasteiger partial charge in [-0.25, -0.2) is 4.98 Å². The summed E-state index contributed by atoms with van der Waals surface area (Å²) in [6.45, 7) is 6.65. The number of benzene rings is 1. The first-order valence-electron chi connectivity index (χ1n) is 7.40. The van der Waals surface area contributed by atoms with Gasteiger partial charge < -0.3 is 5.73 Å². The molecule has 2 aromatic rings. The molecule has 0 fully saturated rings. The van der Waals surface area contributed by atoms with Crippen molar-refractivity contribution in [2.75, 3.05) is 0 Å². The van der Waals surface area contributed by atoms with Crippen LogP contribution in [0.1, 0.15) is 50.2 Å². The molecule has 108 valence electrons. The lowest BCUT2D eigenvalue weighted by atomic mass is 10.0. The summed E-state index contributed by atoms with van der Waals surface area (Å²) in [5.41, 5.74) is 9.75. The van der Waals surface area contributed by atoms with E-state index in [9.17, 15) is 0 Å². The molecule has 20 heavy (non-hydrogen) atoms. The summed E-state index contributed by atoms with van der Waals surface area (Å²) in [7, 11) is 0. The van der Waals surface area contributed by atoms with E-state index < -0.39 is 0 Å². The van der Waals surface area contributed by atoms with Gasteiger partial charge in [-0.15, -0.1) is 11.3 Å². The third-order valence-electron chi connectivity index (χ3n) is 3.33. The second kappa shape index (κ2) is 7.00. The van der Waals surface area contributed by atoms with Gasteiger partial charge in [-0.3, -0.25) is 0 Å². The van der Waals surface area contributed by atoms with Crippen LogP contribution in [0.3, 0.4) is 0 Å². The van der Waals surface area contributed by atoms with Crippen LogP contribution in [0.15, 0.2) is 29.6 Å². The Kier molecular flexibility index (Phi) is 5.32. The molecule has 1 heterocycles. The normalized spacial score (nSPS) is 12.8. The van der Waals surface area contributed by atoms with Crippen molar-refractivity contribution >= 4 is 11.3 Å². The molecule has 0 saturated heterocycles. The quantitative estimate of drug-likeness (QED) is 0.828. The summed E-state index contributed by atoms with van der Waals surface area (Å²) < 4.78 is 0. The molecule has 0 aliphatic heterocycles. The molecule has 2 nitrogen and oxygen atoms in total. The Labute approximate surface area is 126 Å². The van der Waals surface area contributed by atoms with Gasteiger partial charge in [0, 0.05) is 10.9 Å². The predicted octanol–water partition coefficient (Wildman–Crippen LogP) is 4.81. The molecule has 1 aromatic carbocycles. The fourth-order valence-electron chi connectivity index (χ4n) is 2.31. The zero-order valence-electron chi connectivity index (χ0n) is 12.6. The first-order chi connectivity index (χ1) is 9.60. The van der Waals surface area contributed by atoms with E-state index in [0.717, 1.165) is 30.0 Å². The average molecular weight is 288 g/mol. The molecule has 0 amide bonds. The second-order valence-corrected chi connectivity index (χ2v) is 6.65. The lowest BCUT2D eigenvalue weighted by Gasteiger charge is -2.06. The van der Waals surface area contributed by atoms with E-state index in [2.05, 4.69) is 55.4 Å². The standard InChI is InChI=1S/C17H24N2S/c1-4-5-15(18)17-19-16(11-20-17)14-8-6-13(7-9-14)10-12(2)3/h6-9,11-12,15H,4-5,10,18H2,1-3H3. The molecule has 1 atom stereocenters. The Morgan fingerprint density at radius 1 is 1.20 bits per heavy atom. The van der Waals surface area contributed by atoms with Gasteiger partial charge in [0.1, 0.15) is 5.01 Å². The highest BCUT2D eigenvalue weighted by Crippen LogP contribution is 2.26. The van der Waals surface area contributed by atoms with Gasteiger partial charge in [0.2, 0.25) is 0 Å². The Bertz CT molecular complexity index is 528. The van der Waals surface area contributed by atoms with Crippen molar-refractivity contribution in [3.63, 3.8) is 0 Å². The maximum Gasteiger partial charge on any atom is 0.110 e. The molecular weight excluding hydrogens is 264 g/mol. The van der Waals surface area contributed by atoms with Crippen molar-refractivity contribution in [2.24, 2.45) is 11.7 Å². The van der Waals surface area contributed by atoms with Crippen LogP contribution in [-0.4, -0.2) is 4.98 Å². The number of hydrogen-bond acceptors (Lipinski definition) is 3. The van der Waals surface area contributed by atoms with E-state index in [1.54, 1.807) is 11.3 Å². The van der Waals surface area contributed by atoms with Gasteiger partial charge in [0.15, 0.2) is 0 Å². The molecule has 0 radical (unpaired) electrons. The van der Waals surface area contributed by atoms with Gasteiger partial charge in [0.25, 0.3) is 0 Å². The van der Waals surface area contributed by atoms with E-state index in [1.165, 1.54) is 11.1 Å². The second-order valence-electron chi connectivity index (χ2n) is 5.76. The van der Waals surface area contributed by atoms with Crippen LogP contribution in [0.5, 0.6) is 0 Å². The van der Waals surface area contributed by atoms with E-state index in [4.69, 9.17) is 5.73 Å².